The molecule has 2 heterocycles. The molecular weight excluding hydrogens is 308 g/mol. The third-order valence-corrected chi connectivity index (χ3v) is 6.18. The van der Waals surface area contributed by atoms with Crippen LogP contribution in [0.5, 0.6) is 0 Å². The first-order chi connectivity index (χ1) is 12.3. The van der Waals surface area contributed by atoms with Gasteiger partial charge in [0.15, 0.2) is 5.72 Å². The number of nitrogens with zero attached hydrogens (tertiary/aromatic N) is 2. The van der Waals surface area contributed by atoms with E-state index in [-0.39, 0.29) is 0 Å². The van der Waals surface area contributed by atoms with Crippen molar-refractivity contribution in [3.05, 3.63) is 70.8 Å². The van der Waals surface area contributed by atoms with Crippen LogP contribution in [0.3, 0.4) is 0 Å². The van der Waals surface area contributed by atoms with Gasteiger partial charge >= 0.3 is 0 Å². The minimum Gasteiger partial charge on any atom is -0.366 e. The van der Waals surface area contributed by atoms with Crippen molar-refractivity contribution in [1.29, 1.82) is 0 Å². The zero-order valence-corrected chi connectivity index (χ0v) is 14.5. The van der Waals surface area contributed by atoms with Crippen LogP contribution in [0.2, 0.25) is 0 Å². The van der Waals surface area contributed by atoms with E-state index in [4.69, 9.17) is 0 Å². The first-order valence-corrected chi connectivity index (χ1v) is 9.49. The van der Waals surface area contributed by atoms with E-state index in [9.17, 15) is 5.11 Å². The number of aliphatic imine (C=N–C) groups is 1. The minimum absolute atomic E-state index is 0.616. The SMILES string of the molecule is OC1(c2ccc(C3CCCC3)cc2)Cc2ccccc2C2=NCCN21. The lowest BCUT2D eigenvalue weighted by molar-refractivity contribution is -0.0745. The fourth-order valence-corrected chi connectivity index (χ4v) is 4.83. The highest BCUT2D eigenvalue weighted by Gasteiger charge is 2.44. The number of hydrogen-bond acceptors (Lipinski definition) is 3. The van der Waals surface area contributed by atoms with Crippen molar-refractivity contribution >= 4 is 5.84 Å². The Hall–Kier alpha value is -2.13. The zero-order valence-electron chi connectivity index (χ0n) is 14.5. The summed E-state index contributed by atoms with van der Waals surface area (Å²) in [6.07, 6.45) is 5.92. The maximum absolute atomic E-state index is 11.7. The molecule has 2 aliphatic heterocycles. The Morgan fingerprint density at radius 2 is 1.76 bits per heavy atom. The van der Waals surface area contributed by atoms with Crippen LogP contribution in [0.4, 0.5) is 0 Å². The summed E-state index contributed by atoms with van der Waals surface area (Å²) in [6, 6.07) is 17.1. The van der Waals surface area contributed by atoms with Crippen molar-refractivity contribution in [2.75, 3.05) is 13.1 Å². The molecule has 2 aromatic rings. The molecule has 1 N–H and O–H groups in total. The molecule has 0 spiro atoms. The summed E-state index contributed by atoms with van der Waals surface area (Å²) < 4.78 is 0. The van der Waals surface area contributed by atoms with Crippen LogP contribution in [-0.2, 0) is 12.1 Å². The quantitative estimate of drug-likeness (QED) is 0.908. The van der Waals surface area contributed by atoms with E-state index >= 15 is 0 Å². The summed E-state index contributed by atoms with van der Waals surface area (Å²) in [7, 11) is 0. The van der Waals surface area contributed by atoms with Crippen LogP contribution in [0.15, 0.2) is 53.5 Å². The number of amidine groups is 1. The van der Waals surface area contributed by atoms with Gasteiger partial charge in [-0.3, -0.25) is 4.99 Å². The lowest BCUT2D eigenvalue weighted by Crippen LogP contribution is -2.53. The zero-order chi connectivity index (χ0) is 16.9. The molecule has 25 heavy (non-hydrogen) atoms. The molecule has 3 nitrogen and oxygen atoms in total. The molecule has 1 fully saturated rings. The van der Waals surface area contributed by atoms with Crippen molar-refractivity contribution in [3.63, 3.8) is 0 Å². The predicted octanol–water partition coefficient (Wildman–Crippen LogP) is 3.81. The normalized spacial score (nSPS) is 25.6. The Morgan fingerprint density at radius 1 is 1.00 bits per heavy atom. The number of fused-ring (bicyclic) bond motifs is 3. The molecule has 1 atom stereocenters. The molecule has 1 saturated carbocycles. The van der Waals surface area contributed by atoms with Crippen molar-refractivity contribution in [3.8, 4) is 0 Å². The smallest absolute Gasteiger partial charge is 0.169 e. The first kappa shape index (κ1) is 15.2. The molecule has 1 aliphatic carbocycles. The van der Waals surface area contributed by atoms with Crippen LogP contribution in [0, 0.1) is 0 Å². The van der Waals surface area contributed by atoms with Crippen molar-refractivity contribution in [2.24, 2.45) is 4.99 Å². The van der Waals surface area contributed by atoms with Gasteiger partial charge in [0.1, 0.15) is 5.84 Å². The van der Waals surface area contributed by atoms with E-state index in [1.54, 1.807) is 0 Å². The summed E-state index contributed by atoms with van der Waals surface area (Å²) >= 11 is 0. The number of rotatable bonds is 2. The summed E-state index contributed by atoms with van der Waals surface area (Å²) in [5.41, 5.74) is 3.78. The Labute approximate surface area is 149 Å². The van der Waals surface area contributed by atoms with Gasteiger partial charge in [0.05, 0.1) is 6.54 Å². The highest BCUT2D eigenvalue weighted by Crippen LogP contribution is 2.40. The minimum atomic E-state index is -0.988. The maximum atomic E-state index is 11.7. The third kappa shape index (κ3) is 2.33. The molecule has 3 aliphatic rings. The largest absolute Gasteiger partial charge is 0.366 e. The van der Waals surface area contributed by atoms with Crippen molar-refractivity contribution in [1.82, 2.24) is 4.90 Å². The van der Waals surface area contributed by atoms with E-state index in [0.29, 0.717) is 12.3 Å². The molecule has 0 saturated heterocycles. The maximum Gasteiger partial charge on any atom is 0.169 e. The van der Waals surface area contributed by atoms with Crippen LogP contribution >= 0.6 is 0 Å². The highest BCUT2D eigenvalue weighted by molar-refractivity contribution is 6.02. The fourth-order valence-electron chi connectivity index (χ4n) is 4.83. The lowest BCUT2D eigenvalue weighted by Gasteiger charge is -2.43. The van der Waals surface area contributed by atoms with E-state index in [1.165, 1.54) is 42.4 Å². The molecule has 0 amide bonds. The molecule has 0 aromatic heterocycles. The second-order valence-electron chi connectivity index (χ2n) is 7.61. The molecule has 0 radical (unpaired) electrons. The van der Waals surface area contributed by atoms with Crippen LogP contribution in [0.1, 0.15) is 53.9 Å². The van der Waals surface area contributed by atoms with Crippen molar-refractivity contribution < 1.29 is 5.11 Å². The van der Waals surface area contributed by atoms with Gasteiger partial charge in [-0.05, 0) is 29.9 Å². The highest BCUT2D eigenvalue weighted by atomic mass is 16.3. The summed E-state index contributed by atoms with van der Waals surface area (Å²) in [5.74, 6) is 1.66. The fraction of sp³-hybridized carbons (Fsp3) is 0.409. The van der Waals surface area contributed by atoms with Crippen molar-refractivity contribution in [2.45, 2.75) is 43.7 Å². The van der Waals surface area contributed by atoms with Gasteiger partial charge in [0, 0.05) is 24.1 Å². The molecule has 0 bridgehead atoms. The first-order valence-electron chi connectivity index (χ1n) is 9.49. The van der Waals surface area contributed by atoms with E-state index in [1.807, 2.05) is 6.07 Å². The summed E-state index contributed by atoms with van der Waals surface area (Å²) in [5, 5.41) is 11.7. The van der Waals surface area contributed by atoms with Gasteiger partial charge in [-0.15, -0.1) is 0 Å². The Bertz CT molecular complexity index is 820. The molecule has 5 rings (SSSR count). The number of benzene rings is 2. The number of aliphatic hydroxyl groups is 1. The van der Waals surface area contributed by atoms with Gasteiger partial charge < -0.3 is 10.0 Å². The van der Waals surface area contributed by atoms with Crippen LogP contribution in [-0.4, -0.2) is 28.9 Å². The van der Waals surface area contributed by atoms with Gasteiger partial charge in [-0.25, -0.2) is 0 Å². The topological polar surface area (TPSA) is 35.8 Å². The summed E-state index contributed by atoms with van der Waals surface area (Å²) in [6.45, 7) is 1.54. The lowest BCUT2D eigenvalue weighted by atomic mass is 9.85. The number of hydrogen-bond donors (Lipinski definition) is 1. The predicted molar refractivity (Wildman–Crippen MR) is 99.8 cm³/mol. The second kappa shape index (κ2) is 5.70. The van der Waals surface area contributed by atoms with Crippen LogP contribution in [0.25, 0.3) is 0 Å². The Kier molecular flexibility index (Phi) is 3.46. The molecule has 1 unspecified atom stereocenters. The van der Waals surface area contributed by atoms with Gasteiger partial charge in [-0.1, -0.05) is 61.4 Å². The molecule has 128 valence electrons. The Balaban J connectivity index is 1.53. The summed E-state index contributed by atoms with van der Waals surface area (Å²) in [4.78, 5) is 6.78. The second-order valence-corrected chi connectivity index (χ2v) is 7.61. The monoisotopic (exact) mass is 332 g/mol. The van der Waals surface area contributed by atoms with E-state index < -0.39 is 5.72 Å². The molecular formula is C22H24N2O. The average molecular weight is 332 g/mol. The molecule has 2 aromatic carbocycles. The molecule has 3 heteroatoms. The van der Waals surface area contributed by atoms with Gasteiger partial charge in [0.2, 0.25) is 0 Å². The van der Waals surface area contributed by atoms with E-state index in [2.05, 4.69) is 52.4 Å². The third-order valence-electron chi connectivity index (χ3n) is 6.18. The van der Waals surface area contributed by atoms with Gasteiger partial charge in [-0.2, -0.15) is 0 Å². The van der Waals surface area contributed by atoms with Gasteiger partial charge in [0.25, 0.3) is 0 Å². The van der Waals surface area contributed by atoms with E-state index in [0.717, 1.165) is 24.5 Å². The van der Waals surface area contributed by atoms with Crippen LogP contribution < -0.4 is 0 Å². The standard InChI is InChI=1S/C22H24N2O/c25-22(19-11-9-17(10-12-19)16-5-1-2-6-16)15-18-7-3-4-8-20(18)21-23-13-14-24(21)22/h3-4,7-12,16,25H,1-2,5-6,13-15H2. The average Bonchev–Trinajstić information content (AvgIpc) is 3.34. The Morgan fingerprint density at radius 3 is 2.56 bits per heavy atom.